The number of phenolic OH excluding ortho intramolecular Hbond substituents is 3. The van der Waals surface area contributed by atoms with Gasteiger partial charge in [-0.1, -0.05) is 24.3 Å². The number of phenols is 3. The zero-order chi connectivity index (χ0) is 50.4. The van der Waals surface area contributed by atoms with Gasteiger partial charge in [-0.3, -0.25) is 14.4 Å². The Bertz CT molecular complexity index is 2410. The molecule has 5 rings (SSSR count). The molecule has 0 radical (unpaired) electrons. The Morgan fingerprint density at radius 3 is 1.65 bits per heavy atom. The van der Waals surface area contributed by atoms with Gasteiger partial charge in [-0.2, -0.15) is 0 Å². The fourth-order valence-electron chi connectivity index (χ4n) is 6.83. The molecule has 9 atom stereocenters. The van der Waals surface area contributed by atoms with E-state index < -0.39 is 110 Å². The van der Waals surface area contributed by atoms with Crippen molar-refractivity contribution in [3.8, 4) is 28.7 Å². The lowest BCUT2D eigenvalue weighted by atomic mass is 9.98. The van der Waals surface area contributed by atoms with Crippen molar-refractivity contribution in [1.82, 2.24) is 0 Å². The number of carbonyl (C=O) groups is 6. The smallest absolute Gasteiger partial charge is 0.331 e. The van der Waals surface area contributed by atoms with Gasteiger partial charge in [-0.15, -0.1) is 0 Å². The van der Waals surface area contributed by atoms with Crippen LogP contribution in [0.4, 0.5) is 0 Å². The van der Waals surface area contributed by atoms with Gasteiger partial charge in [0.05, 0.1) is 14.2 Å². The molecule has 2 fully saturated rings. The van der Waals surface area contributed by atoms with Crippen LogP contribution in [0.25, 0.3) is 18.2 Å². The highest BCUT2D eigenvalue weighted by atomic mass is 16.8. The van der Waals surface area contributed by atoms with Crippen LogP contribution in [-0.4, -0.2) is 150 Å². The summed E-state index contributed by atoms with van der Waals surface area (Å²) in [4.78, 5) is 76.7. The van der Waals surface area contributed by atoms with E-state index in [9.17, 15) is 54.3 Å². The Kier molecular flexibility index (Phi) is 18.2. The molecule has 3 aromatic rings. The van der Waals surface area contributed by atoms with E-state index in [4.69, 9.17) is 52.1 Å². The maximum absolute atomic E-state index is 13.7. The number of aromatic hydroxyl groups is 3. The lowest BCUT2D eigenvalue weighted by Gasteiger charge is -2.45. The summed E-state index contributed by atoms with van der Waals surface area (Å²) in [5.41, 5.74) is 1.20. The normalized spacial score (nSPS) is 24.4. The average molecular weight is 967 g/mol. The third-order valence-electron chi connectivity index (χ3n) is 10.0. The highest BCUT2D eigenvalue weighted by Crippen LogP contribution is 2.40. The van der Waals surface area contributed by atoms with E-state index in [2.05, 4.69) is 0 Å². The molecule has 0 amide bonds. The standard InChI is InChI=1S/C47H50O22/c1-25(48)61-23-37-43(64-26(2)49)42(58)44(65-27(3)50)46(66-37)69-47(24-63-39(55)17-10-28-6-13-31(51)14-7-28)45(67-40(56)19-12-30-9-16-33(53)35(21-30)60-5)41(57)36(68-47)22-62-38(54)18-11-29-8-15-32(52)34(20-29)59-4/h6-21,36-37,41-46,51-53,57-58H,22-24H2,1-5H3/b17-10+,18-11+,19-12+/t36-,37-,41-,42+,43-,44+,45+,46-,47+/m1/s1. The summed E-state index contributed by atoms with van der Waals surface area (Å²) in [5.74, 6) is -8.98. The first-order valence-electron chi connectivity index (χ1n) is 20.8. The predicted octanol–water partition coefficient (Wildman–Crippen LogP) is 2.24. The van der Waals surface area contributed by atoms with Crippen molar-refractivity contribution < 1.29 is 106 Å². The molecule has 0 bridgehead atoms. The lowest BCUT2D eigenvalue weighted by molar-refractivity contribution is -0.384. The van der Waals surface area contributed by atoms with Crippen molar-refractivity contribution >= 4 is 54.0 Å². The lowest BCUT2D eigenvalue weighted by Crippen LogP contribution is -2.65. The maximum atomic E-state index is 13.7. The van der Waals surface area contributed by atoms with Crippen LogP contribution in [0.3, 0.4) is 0 Å². The van der Waals surface area contributed by atoms with Gasteiger partial charge in [0, 0.05) is 39.0 Å². The van der Waals surface area contributed by atoms with Crippen LogP contribution in [0.1, 0.15) is 37.5 Å². The molecule has 3 aromatic carbocycles. The number of aliphatic hydroxyl groups excluding tert-OH is 2. The van der Waals surface area contributed by atoms with Gasteiger partial charge in [-0.05, 0) is 71.3 Å². The molecule has 0 aliphatic carbocycles. The average Bonchev–Trinajstić information content (AvgIpc) is 3.56. The highest BCUT2D eigenvalue weighted by molar-refractivity contribution is 5.88. The number of aliphatic hydroxyl groups is 2. The molecule has 2 heterocycles. The van der Waals surface area contributed by atoms with Crippen LogP contribution in [0, 0.1) is 0 Å². The monoisotopic (exact) mass is 966 g/mol. The number of benzene rings is 3. The first kappa shape index (κ1) is 52.5. The number of esters is 6. The van der Waals surface area contributed by atoms with Gasteiger partial charge < -0.3 is 77.6 Å². The zero-order valence-corrected chi connectivity index (χ0v) is 37.7. The molecule has 22 heteroatoms. The molecule has 2 saturated heterocycles. The van der Waals surface area contributed by atoms with Crippen molar-refractivity contribution in [2.24, 2.45) is 0 Å². The zero-order valence-electron chi connectivity index (χ0n) is 37.7. The van der Waals surface area contributed by atoms with Gasteiger partial charge in [0.2, 0.25) is 12.1 Å². The summed E-state index contributed by atoms with van der Waals surface area (Å²) >= 11 is 0. The summed E-state index contributed by atoms with van der Waals surface area (Å²) in [6.07, 6.45) is -8.28. The summed E-state index contributed by atoms with van der Waals surface area (Å²) in [5, 5.41) is 53.2. The van der Waals surface area contributed by atoms with Crippen molar-refractivity contribution in [3.63, 3.8) is 0 Å². The number of ether oxygens (including phenoxy) is 11. The molecule has 2 aliphatic heterocycles. The van der Waals surface area contributed by atoms with E-state index >= 15 is 0 Å². The minimum atomic E-state index is -2.74. The number of hydrogen-bond acceptors (Lipinski definition) is 22. The van der Waals surface area contributed by atoms with E-state index in [1.807, 2.05) is 0 Å². The van der Waals surface area contributed by atoms with Crippen LogP contribution >= 0.6 is 0 Å². The van der Waals surface area contributed by atoms with E-state index in [0.717, 1.165) is 39.0 Å². The van der Waals surface area contributed by atoms with Gasteiger partial charge in [0.25, 0.3) is 0 Å². The van der Waals surface area contributed by atoms with E-state index in [1.54, 1.807) is 0 Å². The van der Waals surface area contributed by atoms with Crippen LogP contribution in [0.5, 0.6) is 28.7 Å². The number of rotatable bonds is 19. The molecule has 0 spiro atoms. The van der Waals surface area contributed by atoms with Gasteiger partial charge >= 0.3 is 35.8 Å². The van der Waals surface area contributed by atoms with Crippen molar-refractivity contribution in [3.05, 3.63) is 95.6 Å². The minimum Gasteiger partial charge on any atom is -0.508 e. The van der Waals surface area contributed by atoms with Crippen molar-refractivity contribution in [1.29, 1.82) is 0 Å². The largest absolute Gasteiger partial charge is 0.508 e. The van der Waals surface area contributed by atoms with E-state index in [0.29, 0.717) is 16.7 Å². The van der Waals surface area contributed by atoms with E-state index in [1.165, 1.54) is 93.1 Å². The SMILES string of the molecule is COc1cc(/C=C/C(=O)OC[C@H]2O[C@@](COC(=O)/C=C/c3ccc(O)cc3)(O[C@H]3O[C@H](COC(C)=O)[C@@H](OC(C)=O)[C@H](O)[C@@H]3OC(C)=O)[C@@H](OC(=O)/C=C/c3ccc(O)c(OC)c3)[C@@H]2O)ccc1O. The molecule has 0 saturated carbocycles. The van der Waals surface area contributed by atoms with Crippen LogP contribution in [-0.2, 0) is 71.4 Å². The van der Waals surface area contributed by atoms with Crippen LogP contribution < -0.4 is 9.47 Å². The second-order valence-electron chi connectivity index (χ2n) is 15.1. The quantitative estimate of drug-likeness (QED) is 0.0654. The second-order valence-corrected chi connectivity index (χ2v) is 15.1. The minimum absolute atomic E-state index is 0.0466. The maximum Gasteiger partial charge on any atom is 0.331 e. The molecular formula is C47H50O22. The number of carbonyl (C=O) groups excluding carboxylic acids is 6. The van der Waals surface area contributed by atoms with Gasteiger partial charge in [0.1, 0.15) is 50.0 Å². The number of methoxy groups -OCH3 is 2. The Morgan fingerprint density at radius 1 is 0.594 bits per heavy atom. The Morgan fingerprint density at radius 2 is 1.10 bits per heavy atom. The summed E-state index contributed by atoms with van der Waals surface area (Å²) in [6.45, 7) is 0.440. The first-order valence-corrected chi connectivity index (χ1v) is 20.8. The Hall–Kier alpha value is -7.50. The summed E-state index contributed by atoms with van der Waals surface area (Å²) in [7, 11) is 2.64. The third-order valence-corrected chi connectivity index (χ3v) is 10.0. The van der Waals surface area contributed by atoms with Crippen LogP contribution in [0.2, 0.25) is 0 Å². The van der Waals surface area contributed by atoms with Crippen molar-refractivity contribution in [2.75, 3.05) is 34.0 Å². The summed E-state index contributed by atoms with van der Waals surface area (Å²) < 4.78 is 61.3. The Labute approximate surface area is 393 Å². The summed E-state index contributed by atoms with van der Waals surface area (Å²) in [6, 6.07) is 14.0. The molecule has 0 unspecified atom stereocenters. The van der Waals surface area contributed by atoms with Gasteiger partial charge in [-0.25, -0.2) is 14.4 Å². The van der Waals surface area contributed by atoms with E-state index in [-0.39, 0.29) is 28.7 Å². The van der Waals surface area contributed by atoms with Gasteiger partial charge in [0.15, 0.2) is 41.3 Å². The van der Waals surface area contributed by atoms with Crippen molar-refractivity contribution in [2.45, 2.75) is 75.6 Å². The van der Waals surface area contributed by atoms with Crippen LogP contribution in [0.15, 0.2) is 78.9 Å². The topological polar surface area (TPSA) is 305 Å². The predicted molar refractivity (Wildman–Crippen MR) is 233 cm³/mol. The molecule has 5 N–H and O–H groups in total. The fraction of sp³-hybridized carbons (Fsp3) is 0.362. The molecule has 0 aromatic heterocycles. The first-order chi connectivity index (χ1) is 32.8. The molecule has 2 aliphatic rings. The number of hydrogen-bond donors (Lipinski definition) is 5. The fourth-order valence-corrected chi connectivity index (χ4v) is 6.83. The molecule has 22 nitrogen and oxygen atoms in total. The molecular weight excluding hydrogens is 916 g/mol. The third kappa shape index (κ3) is 14.5. The highest BCUT2D eigenvalue weighted by Gasteiger charge is 2.63. The molecule has 370 valence electrons. The molecule has 69 heavy (non-hydrogen) atoms. The Balaban J connectivity index is 1.55. The second kappa shape index (κ2) is 24.0.